The fourth-order valence-corrected chi connectivity index (χ4v) is 3.97. The smallest absolute Gasteiger partial charge is 0.346 e. The number of thiophene rings is 1. The lowest BCUT2D eigenvalue weighted by Gasteiger charge is -2.05. The monoisotopic (exact) mass is 299 g/mol. The highest BCUT2D eigenvalue weighted by molar-refractivity contribution is 7.98. The second-order valence-electron chi connectivity index (χ2n) is 4.32. The van der Waals surface area contributed by atoms with Gasteiger partial charge in [-0.25, -0.2) is 9.18 Å². The van der Waals surface area contributed by atoms with Crippen molar-refractivity contribution in [1.82, 2.24) is 0 Å². The molecule has 0 radical (unpaired) electrons. The number of hydrogen-bond acceptors (Lipinski definition) is 4. The van der Waals surface area contributed by atoms with Crippen LogP contribution in [0.2, 0.25) is 0 Å². The molecule has 3 nitrogen and oxygen atoms in total. The van der Waals surface area contributed by atoms with Crippen molar-refractivity contribution in [2.45, 2.75) is 18.7 Å². The number of thioether (sulfide) groups is 1. The van der Waals surface area contributed by atoms with Crippen molar-refractivity contribution in [1.29, 1.82) is 0 Å². The van der Waals surface area contributed by atoms with Crippen LogP contribution in [0.1, 0.15) is 22.2 Å². The van der Waals surface area contributed by atoms with Crippen LogP contribution in [-0.4, -0.2) is 22.9 Å². The number of nitrogens with two attached hydrogens (primary N) is 1. The highest BCUT2D eigenvalue weighted by atomic mass is 32.2. The number of halogens is 1. The molecule has 0 spiro atoms. The van der Waals surface area contributed by atoms with E-state index in [4.69, 9.17) is 5.73 Å². The summed E-state index contributed by atoms with van der Waals surface area (Å²) in [4.78, 5) is 11.5. The van der Waals surface area contributed by atoms with Gasteiger partial charge < -0.3 is 10.8 Å². The average Bonchev–Trinajstić information content (AvgIpc) is 2.69. The standard InChI is InChI=1S/C13H14FNO2S2/c1-7(15)5-18-6-8-11-9(14)3-2-4-10(11)19-12(8)13(16)17/h2-4,7H,5-6,15H2,1H3,(H,16,17). The lowest BCUT2D eigenvalue weighted by Crippen LogP contribution is -2.17. The van der Waals surface area contributed by atoms with Gasteiger partial charge in [-0.15, -0.1) is 11.3 Å². The van der Waals surface area contributed by atoms with Crippen LogP contribution in [0.5, 0.6) is 0 Å². The van der Waals surface area contributed by atoms with Gasteiger partial charge in [0.05, 0.1) is 0 Å². The minimum Gasteiger partial charge on any atom is -0.477 e. The molecule has 0 fully saturated rings. The van der Waals surface area contributed by atoms with Crippen molar-refractivity contribution in [3.8, 4) is 0 Å². The number of benzene rings is 1. The Morgan fingerprint density at radius 1 is 1.58 bits per heavy atom. The SMILES string of the molecule is CC(N)CSCc1c(C(=O)O)sc2cccc(F)c12. The Morgan fingerprint density at radius 2 is 2.32 bits per heavy atom. The molecule has 0 aliphatic carbocycles. The summed E-state index contributed by atoms with van der Waals surface area (Å²) in [6.45, 7) is 1.89. The van der Waals surface area contributed by atoms with Crippen LogP contribution in [-0.2, 0) is 5.75 Å². The van der Waals surface area contributed by atoms with E-state index in [2.05, 4.69) is 0 Å². The zero-order chi connectivity index (χ0) is 14.0. The van der Waals surface area contributed by atoms with Gasteiger partial charge in [-0.2, -0.15) is 11.8 Å². The van der Waals surface area contributed by atoms with Crippen LogP contribution < -0.4 is 5.73 Å². The molecule has 102 valence electrons. The van der Waals surface area contributed by atoms with E-state index in [-0.39, 0.29) is 16.7 Å². The van der Waals surface area contributed by atoms with Crippen molar-refractivity contribution < 1.29 is 14.3 Å². The summed E-state index contributed by atoms with van der Waals surface area (Å²) in [6.07, 6.45) is 0. The average molecular weight is 299 g/mol. The first-order valence-corrected chi connectivity index (χ1v) is 7.74. The maximum absolute atomic E-state index is 13.9. The van der Waals surface area contributed by atoms with Crippen LogP contribution in [0, 0.1) is 5.82 Å². The molecule has 2 rings (SSSR count). The number of carboxylic acids is 1. The number of rotatable bonds is 5. The van der Waals surface area contributed by atoms with Gasteiger partial charge in [-0.1, -0.05) is 6.07 Å². The molecule has 6 heteroatoms. The van der Waals surface area contributed by atoms with E-state index in [9.17, 15) is 14.3 Å². The maximum Gasteiger partial charge on any atom is 0.346 e. The molecule has 1 unspecified atom stereocenters. The van der Waals surface area contributed by atoms with Gasteiger partial charge in [-0.05, 0) is 24.6 Å². The third-order valence-electron chi connectivity index (χ3n) is 2.58. The van der Waals surface area contributed by atoms with E-state index >= 15 is 0 Å². The van der Waals surface area contributed by atoms with E-state index in [0.29, 0.717) is 27.2 Å². The molecule has 2 aromatic rings. The Balaban J connectivity index is 2.43. The summed E-state index contributed by atoms with van der Waals surface area (Å²) < 4.78 is 14.6. The summed E-state index contributed by atoms with van der Waals surface area (Å²) in [5, 5.41) is 9.65. The predicted octanol–water partition coefficient (Wildman–Crippen LogP) is 3.32. The normalized spacial score (nSPS) is 12.8. The third kappa shape index (κ3) is 3.08. The van der Waals surface area contributed by atoms with Crippen molar-refractivity contribution >= 4 is 39.2 Å². The maximum atomic E-state index is 13.9. The lowest BCUT2D eigenvalue weighted by atomic mass is 10.1. The molecule has 1 aromatic heterocycles. The molecule has 0 amide bonds. The molecular weight excluding hydrogens is 285 g/mol. The van der Waals surface area contributed by atoms with Crippen molar-refractivity contribution in [2.24, 2.45) is 5.73 Å². The van der Waals surface area contributed by atoms with Gasteiger partial charge >= 0.3 is 5.97 Å². The van der Waals surface area contributed by atoms with E-state index in [0.717, 1.165) is 11.3 Å². The van der Waals surface area contributed by atoms with Crippen LogP contribution in [0.25, 0.3) is 10.1 Å². The van der Waals surface area contributed by atoms with E-state index in [1.165, 1.54) is 17.8 Å². The number of carboxylic acid groups (broad SMARTS) is 1. The van der Waals surface area contributed by atoms with Gasteiger partial charge in [0.1, 0.15) is 10.7 Å². The highest BCUT2D eigenvalue weighted by Crippen LogP contribution is 2.35. The molecular formula is C13H14FNO2S2. The molecule has 0 aliphatic rings. The molecule has 19 heavy (non-hydrogen) atoms. The first-order valence-electron chi connectivity index (χ1n) is 5.77. The minimum atomic E-state index is -1.00. The quantitative estimate of drug-likeness (QED) is 0.889. The number of aromatic carboxylic acids is 1. The van der Waals surface area contributed by atoms with Crippen LogP contribution in [0.15, 0.2) is 18.2 Å². The van der Waals surface area contributed by atoms with Crippen molar-refractivity contribution in [3.05, 3.63) is 34.5 Å². The van der Waals surface area contributed by atoms with Crippen molar-refractivity contribution in [3.63, 3.8) is 0 Å². The lowest BCUT2D eigenvalue weighted by molar-refractivity contribution is 0.0701. The van der Waals surface area contributed by atoms with Gasteiger partial charge in [0.2, 0.25) is 0 Å². The minimum absolute atomic E-state index is 0.0352. The molecule has 0 bridgehead atoms. The molecule has 0 saturated carbocycles. The molecule has 0 saturated heterocycles. The van der Waals surface area contributed by atoms with Crippen molar-refractivity contribution in [2.75, 3.05) is 5.75 Å². The second kappa shape index (κ2) is 5.90. The van der Waals surface area contributed by atoms with E-state index in [1.807, 2.05) is 6.92 Å². The molecule has 0 aliphatic heterocycles. The van der Waals surface area contributed by atoms with Crippen LogP contribution in [0.4, 0.5) is 4.39 Å². The van der Waals surface area contributed by atoms with E-state index < -0.39 is 5.97 Å². The highest BCUT2D eigenvalue weighted by Gasteiger charge is 2.20. The summed E-state index contributed by atoms with van der Waals surface area (Å²) in [5.41, 5.74) is 6.23. The fourth-order valence-electron chi connectivity index (χ4n) is 1.82. The number of carbonyl (C=O) groups is 1. The van der Waals surface area contributed by atoms with Gasteiger partial charge in [0, 0.05) is 27.6 Å². The zero-order valence-electron chi connectivity index (χ0n) is 10.4. The van der Waals surface area contributed by atoms with Gasteiger partial charge in [0.15, 0.2) is 0 Å². The first kappa shape index (κ1) is 14.3. The number of fused-ring (bicyclic) bond motifs is 1. The Hall–Kier alpha value is -1.11. The summed E-state index contributed by atoms with van der Waals surface area (Å²) >= 11 is 2.65. The topological polar surface area (TPSA) is 63.3 Å². The summed E-state index contributed by atoms with van der Waals surface area (Å²) in [7, 11) is 0. The largest absolute Gasteiger partial charge is 0.477 e. The number of hydrogen-bond donors (Lipinski definition) is 2. The second-order valence-corrected chi connectivity index (χ2v) is 6.40. The Bertz CT molecular complexity index is 610. The summed E-state index contributed by atoms with van der Waals surface area (Å²) in [6, 6.07) is 4.74. The molecule has 1 heterocycles. The summed E-state index contributed by atoms with van der Waals surface area (Å²) in [5.74, 6) is -0.191. The molecule has 1 aromatic carbocycles. The van der Waals surface area contributed by atoms with Crippen LogP contribution >= 0.6 is 23.1 Å². The zero-order valence-corrected chi connectivity index (χ0v) is 12.0. The molecule has 3 N–H and O–H groups in total. The molecule has 1 atom stereocenters. The van der Waals surface area contributed by atoms with Crippen LogP contribution in [0.3, 0.4) is 0 Å². The van der Waals surface area contributed by atoms with Gasteiger partial charge in [0.25, 0.3) is 0 Å². The third-order valence-corrected chi connectivity index (χ3v) is 5.02. The Labute approximate surface area is 118 Å². The predicted molar refractivity (Wildman–Crippen MR) is 78.6 cm³/mol. The van der Waals surface area contributed by atoms with E-state index in [1.54, 1.807) is 12.1 Å². The first-order chi connectivity index (χ1) is 9.00. The fraction of sp³-hybridized carbons (Fsp3) is 0.308. The Morgan fingerprint density at radius 3 is 2.95 bits per heavy atom. The Kier molecular flexibility index (Phi) is 4.44. The van der Waals surface area contributed by atoms with Gasteiger partial charge in [-0.3, -0.25) is 0 Å².